The molecule has 0 bridgehead atoms. The maximum absolute atomic E-state index is 13.6. The number of nitrogens with one attached hydrogen (secondary N) is 2. The molecular formula is C35H40ClN5O2S. The number of fused-ring (bicyclic) bond motifs is 1. The minimum Gasteiger partial charge on any atom is -0.362 e. The third-order valence-corrected chi connectivity index (χ3v) is 9.53. The summed E-state index contributed by atoms with van der Waals surface area (Å²) in [4.78, 5) is 39.4. The van der Waals surface area contributed by atoms with Crippen LogP contribution in [0.25, 0.3) is 10.9 Å². The number of hydrogen-bond donors (Lipinski definition) is 2. The smallest absolute Gasteiger partial charge is 0.234 e. The van der Waals surface area contributed by atoms with E-state index in [-0.39, 0.29) is 30.2 Å². The Balaban J connectivity index is 1.22. The summed E-state index contributed by atoms with van der Waals surface area (Å²) >= 11 is 7.50. The molecule has 0 aliphatic heterocycles. The summed E-state index contributed by atoms with van der Waals surface area (Å²) in [5.41, 5.74) is 2.72. The van der Waals surface area contributed by atoms with E-state index in [0.717, 1.165) is 47.3 Å². The number of carbonyl (C=O) groups excluding carboxylic acids is 2. The molecule has 1 saturated carbocycles. The number of carbonyl (C=O) groups is 2. The van der Waals surface area contributed by atoms with E-state index < -0.39 is 5.25 Å². The normalized spacial score (nSPS) is 17.3. The van der Waals surface area contributed by atoms with Gasteiger partial charge >= 0.3 is 0 Å². The molecule has 1 heterocycles. The number of aromatic nitrogens is 2. The fraction of sp³-hybridized carbons (Fsp3) is 0.371. The van der Waals surface area contributed by atoms with Crippen LogP contribution in [0.1, 0.15) is 67.8 Å². The molecule has 1 fully saturated rings. The van der Waals surface area contributed by atoms with Crippen LogP contribution in [0, 0.1) is 0 Å². The van der Waals surface area contributed by atoms with E-state index in [9.17, 15) is 9.59 Å². The van der Waals surface area contributed by atoms with Gasteiger partial charge in [0.25, 0.3) is 0 Å². The number of thioether (sulfide) groups is 1. The van der Waals surface area contributed by atoms with Crippen LogP contribution in [-0.2, 0) is 4.79 Å². The van der Waals surface area contributed by atoms with E-state index in [4.69, 9.17) is 21.6 Å². The Kier molecular flexibility index (Phi) is 10.4. The molecule has 0 saturated heterocycles. The molecule has 7 nitrogen and oxygen atoms in total. The fourth-order valence-electron chi connectivity index (χ4n) is 5.53. The van der Waals surface area contributed by atoms with Gasteiger partial charge < -0.3 is 15.5 Å². The minimum absolute atomic E-state index is 0.0395. The second-order valence-corrected chi connectivity index (χ2v) is 13.7. The number of amides is 1. The lowest BCUT2D eigenvalue weighted by atomic mass is 9.91. The largest absolute Gasteiger partial charge is 0.362 e. The number of Topliss-reactive ketones (excluding diaryl/α,β-unsaturated/α-hetero) is 1. The Morgan fingerprint density at radius 2 is 1.57 bits per heavy atom. The topological polar surface area (TPSA) is 87.2 Å². The first-order valence-corrected chi connectivity index (χ1v) is 16.5. The highest BCUT2D eigenvalue weighted by Gasteiger charge is 2.29. The lowest BCUT2D eigenvalue weighted by molar-refractivity contribution is -0.121. The van der Waals surface area contributed by atoms with Crippen LogP contribution in [0.2, 0.25) is 5.02 Å². The van der Waals surface area contributed by atoms with Gasteiger partial charge in [0, 0.05) is 53.5 Å². The van der Waals surface area contributed by atoms with Crippen molar-refractivity contribution in [1.82, 2.24) is 15.3 Å². The van der Waals surface area contributed by atoms with Crippen molar-refractivity contribution < 1.29 is 9.59 Å². The maximum atomic E-state index is 13.6. The first-order chi connectivity index (χ1) is 21.2. The van der Waals surface area contributed by atoms with Gasteiger partial charge in [-0.3, -0.25) is 9.59 Å². The van der Waals surface area contributed by atoms with Crippen molar-refractivity contribution in [3.05, 3.63) is 88.9 Å². The number of anilines is 2. The van der Waals surface area contributed by atoms with E-state index in [2.05, 4.69) is 24.5 Å². The molecule has 44 heavy (non-hydrogen) atoms. The van der Waals surface area contributed by atoms with E-state index in [1.54, 1.807) is 12.1 Å². The summed E-state index contributed by atoms with van der Waals surface area (Å²) in [5, 5.41) is 7.89. The number of rotatable bonds is 11. The Hall–Kier alpha value is -3.62. The standard InChI is InChI=1S/C35H40ClN5O2S/c1-22(2)23-9-11-24(12-10-23)31(42)21-32(44-28-19-13-25(36)14-20-28)34(43)37-26-15-17-27(18-16-26)38-35-39-30-8-6-5-7-29(30)33(40-35)41(3)4/h5-14,19-20,22,26-27,32H,15-18,21H2,1-4H3,(H,37,43)(H,38,39,40). The summed E-state index contributed by atoms with van der Waals surface area (Å²) in [7, 11) is 3.97. The first kappa shape index (κ1) is 31.8. The van der Waals surface area contributed by atoms with E-state index >= 15 is 0 Å². The van der Waals surface area contributed by atoms with Crippen LogP contribution in [-0.4, -0.2) is 53.1 Å². The second kappa shape index (κ2) is 14.4. The number of para-hydroxylation sites is 1. The van der Waals surface area contributed by atoms with Crippen molar-refractivity contribution >= 4 is 57.7 Å². The molecule has 0 radical (unpaired) electrons. The molecule has 0 spiro atoms. The predicted molar refractivity (Wildman–Crippen MR) is 182 cm³/mol. The quantitative estimate of drug-likeness (QED) is 0.130. The van der Waals surface area contributed by atoms with Crippen molar-refractivity contribution in [3.8, 4) is 0 Å². The van der Waals surface area contributed by atoms with Gasteiger partial charge in [-0.05, 0) is 73.6 Å². The number of ketones is 1. The zero-order chi connectivity index (χ0) is 31.2. The average molecular weight is 630 g/mol. The van der Waals surface area contributed by atoms with Gasteiger partial charge in [-0.15, -0.1) is 11.8 Å². The van der Waals surface area contributed by atoms with Crippen LogP contribution < -0.4 is 15.5 Å². The van der Waals surface area contributed by atoms with E-state index in [0.29, 0.717) is 22.5 Å². The Labute approximate surface area is 269 Å². The van der Waals surface area contributed by atoms with Gasteiger partial charge in [-0.25, -0.2) is 4.98 Å². The number of nitrogens with zero attached hydrogens (tertiary/aromatic N) is 3. The number of halogens is 1. The predicted octanol–water partition coefficient (Wildman–Crippen LogP) is 7.75. The van der Waals surface area contributed by atoms with Crippen LogP contribution in [0.4, 0.5) is 11.8 Å². The highest BCUT2D eigenvalue weighted by atomic mass is 35.5. The van der Waals surface area contributed by atoms with Crippen molar-refractivity contribution in [2.24, 2.45) is 0 Å². The SMILES string of the molecule is CC(C)c1ccc(C(=O)CC(Sc2ccc(Cl)cc2)C(=O)NC2CCC(Nc3nc(N(C)C)c4ccccc4n3)CC2)cc1. The second-order valence-electron chi connectivity index (χ2n) is 11.9. The highest BCUT2D eigenvalue weighted by Crippen LogP contribution is 2.30. The summed E-state index contributed by atoms with van der Waals surface area (Å²) in [5.74, 6) is 1.75. The van der Waals surface area contributed by atoms with Crippen LogP contribution in [0.15, 0.2) is 77.7 Å². The van der Waals surface area contributed by atoms with Gasteiger partial charge in [-0.1, -0.05) is 61.8 Å². The van der Waals surface area contributed by atoms with Crippen LogP contribution in [0.5, 0.6) is 0 Å². The molecule has 1 amide bonds. The third kappa shape index (κ3) is 8.10. The molecule has 1 aliphatic carbocycles. The maximum Gasteiger partial charge on any atom is 0.234 e. The lowest BCUT2D eigenvalue weighted by Gasteiger charge is -2.31. The molecule has 9 heteroatoms. The molecule has 230 valence electrons. The molecule has 1 atom stereocenters. The average Bonchev–Trinajstić information content (AvgIpc) is 3.02. The first-order valence-electron chi connectivity index (χ1n) is 15.2. The van der Waals surface area contributed by atoms with E-state index in [1.165, 1.54) is 17.3 Å². The summed E-state index contributed by atoms with van der Waals surface area (Å²) in [6, 6.07) is 23.4. The summed E-state index contributed by atoms with van der Waals surface area (Å²) in [6.07, 6.45) is 3.55. The van der Waals surface area contributed by atoms with Gasteiger partial charge in [0.05, 0.1) is 10.8 Å². The molecule has 1 aliphatic rings. The van der Waals surface area contributed by atoms with Crippen molar-refractivity contribution in [2.45, 2.75) is 74.1 Å². The van der Waals surface area contributed by atoms with Crippen LogP contribution in [0.3, 0.4) is 0 Å². The fourth-order valence-corrected chi connectivity index (χ4v) is 6.69. The molecule has 4 aromatic rings. The summed E-state index contributed by atoms with van der Waals surface area (Å²) in [6.45, 7) is 4.25. The van der Waals surface area contributed by atoms with E-state index in [1.807, 2.05) is 79.7 Å². The van der Waals surface area contributed by atoms with Crippen molar-refractivity contribution in [1.29, 1.82) is 0 Å². The Morgan fingerprint density at radius 1 is 0.909 bits per heavy atom. The molecular weight excluding hydrogens is 590 g/mol. The minimum atomic E-state index is -0.556. The third-order valence-electron chi connectivity index (χ3n) is 8.07. The highest BCUT2D eigenvalue weighted by molar-refractivity contribution is 8.00. The Bertz CT molecular complexity index is 1590. The molecule has 3 aromatic carbocycles. The van der Waals surface area contributed by atoms with Gasteiger partial charge in [0.2, 0.25) is 11.9 Å². The van der Waals surface area contributed by atoms with Crippen LogP contribution >= 0.6 is 23.4 Å². The summed E-state index contributed by atoms with van der Waals surface area (Å²) < 4.78 is 0. The Morgan fingerprint density at radius 3 is 2.23 bits per heavy atom. The molecule has 5 rings (SSSR count). The van der Waals surface area contributed by atoms with Gasteiger partial charge in [0.15, 0.2) is 5.78 Å². The molecule has 1 unspecified atom stereocenters. The molecule has 2 N–H and O–H groups in total. The number of benzene rings is 3. The monoisotopic (exact) mass is 629 g/mol. The van der Waals surface area contributed by atoms with Gasteiger partial charge in [0.1, 0.15) is 5.82 Å². The number of hydrogen-bond acceptors (Lipinski definition) is 7. The lowest BCUT2D eigenvalue weighted by Crippen LogP contribution is -2.44. The van der Waals surface area contributed by atoms with Crippen molar-refractivity contribution in [3.63, 3.8) is 0 Å². The van der Waals surface area contributed by atoms with Crippen molar-refractivity contribution in [2.75, 3.05) is 24.3 Å². The molecule has 1 aromatic heterocycles. The zero-order valence-electron chi connectivity index (χ0n) is 25.7. The van der Waals surface area contributed by atoms with Gasteiger partial charge in [-0.2, -0.15) is 4.98 Å². The zero-order valence-corrected chi connectivity index (χ0v) is 27.3.